The van der Waals surface area contributed by atoms with Crippen molar-refractivity contribution < 1.29 is 17.4 Å². The Morgan fingerprint density at radius 2 is 1.28 bits per heavy atom. The normalized spacial score (nSPS) is 13.7. The lowest BCUT2D eigenvalue weighted by Crippen LogP contribution is -2.29. The van der Waals surface area contributed by atoms with Crippen LogP contribution in [0, 0.1) is 0 Å². The number of hydrogen-bond donors (Lipinski definition) is 2. The zero-order valence-corrected chi connectivity index (χ0v) is 11.8. The van der Waals surface area contributed by atoms with Gasteiger partial charge >= 0.3 is 0 Å². The predicted octanol–water partition coefficient (Wildman–Crippen LogP) is 3.03. The molecule has 0 aliphatic rings. The molecule has 0 aromatic carbocycles. The van der Waals surface area contributed by atoms with Gasteiger partial charge in [-0.05, 0) is 12.8 Å². The topological polar surface area (TPSA) is 80.4 Å². The van der Waals surface area contributed by atoms with Crippen LogP contribution in [0.25, 0.3) is 0 Å². The zero-order chi connectivity index (χ0) is 13.9. The van der Waals surface area contributed by atoms with Crippen molar-refractivity contribution in [2.24, 2.45) is 5.73 Å². The molecule has 0 aliphatic carbocycles. The van der Waals surface area contributed by atoms with Crippen LogP contribution in [0.4, 0.5) is 4.39 Å². The minimum atomic E-state index is -4.07. The molecule has 0 amide bonds. The van der Waals surface area contributed by atoms with Gasteiger partial charge in [0, 0.05) is 0 Å². The molecular weight excluding hydrogens is 257 g/mol. The second-order valence-electron chi connectivity index (χ2n) is 4.71. The van der Waals surface area contributed by atoms with E-state index < -0.39 is 15.5 Å². The second kappa shape index (κ2) is 10.7. The van der Waals surface area contributed by atoms with E-state index in [0.29, 0.717) is 12.8 Å². The Morgan fingerprint density at radius 1 is 0.889 bits per heavy atom. The zero-order valence-electron chi connectivity index (χ0n) is 11.0. The highest BCUT2D eigenvalue weighted by Gasteiger charge is 2.16. The van der Waals surface area contributed by atoms with E-state index >= 15 is 0 Å². The van der Waals surface area contributed by atoms with Gasteiger partial charge in [-0.1, -0.05) is 51.4 Å². The molecule has 0 saturated carbocycles. The third-order valence-electron chi connectivity index (χ3n) is 3.00. The Balaban J connectivity index is 3.22. The van der Waals surface area contributed by atoms with E-state index in [1.807, 2.05) is 0 Å². The molecule has 0 rings (SSSR count). The lowest BCUT2D eigenvalue weighted by atomic mass is 10.1. The number of alkyl halides is 1. The summed E-state index contributed by atoms with van der Waals surface area (Å²) in [6.45, 7) is -0.214. The number of nitrogens with two attached hydrogens (primary N) is 1. The van der Waals surface area contributed by atoms with Crippen LogP contribution in [0.2, 0.25) is 0 Å². The smallest absolute Gasteiger partial charge is 0.280 e. The van der Waals surface area contributed by atoms with E-state index in [1.54, 1.807) is 0 Å². The van der Waals surface area contributed by atoms with E-state index in [9.17, 15) is 12.8 Å². The first-order valence-corrected chi connectivity index (χ1v) is 8.26. The highest BCUT2D eigenvalue weighted by molar-refractivity contribution is 7.86. The molecule has 0 radical (unpaired) electrons. The largest absolute Gasteiger partial charge is 0.313 e. The summed E-state index contributed by atoms with van der Waals surface area (Å²) >= 11 is 0. The van der Waals surface area contributed by atoms with E-state index in [1.165, 1.54) is 0 Å². The maximum atomic E-state index is 11.8. The van der Waals surface area contributed by atoms with Gasteiger partial charge in [0.15, 0.2) is 0 Å². The first-order valence-electron chi connectivity index (χ1n) is 6.76. The average Bonchev–Trinajstić information content (AvgIpc) is 2.30. The molecule has 18 heavy (non-hydrogen) atoms. The van der Waals surface area contributed by atoms with Crippen molar-refractivity contribution in [2.75, 3.05) is 6.67 Å². The molecule has 3 N–H and O–H groups in total. The summed E-state index contributed by atoms with van der Waals surface area (Å²) in [6, 6.07) is 0. The molecule has 0 heterocycles. The second-order valence-corrected chi connectivity index (χ2v) is 6.35. The van der Waals surface area contributed by atoms with Crippen molar-refractivity contribution >= 4 is 10.1 Å². The highest BCUT2D eigenvalue weighted by atomic mass is 32.2. The van der Waals surface area contributed by atoms with Crippen LogP contribution < -0.4 is 5.73 Å². The Labute approximate surface area is 110 Å². The van der Waals surface area contributed by atoms with Gasteiger partial charge in [-0.15, -0.1) is 0 Å². The maximum absolute atomic E-state index is 11.8. The molecule has 6 heteroatoms. The number of unbranched alkanes of at least 4 members (excludes halogenated alkanes) is 8. The van der Waals surface area contributed by atoms with Crippen LogP contribution >= 0.6 is 0 Å². The van der Waals surface area contributed by atoms with E-state index in [4.69, 9.17) is 10.3 Å². The van der Waals surface area contributed by atoms with Crippen LogP contribution in [0.15, 0.2) is 0 Å². The summed E-state index contributed by atoms with van der Waals surface area (Å²) < 4.78 is 41.7. The molecule has 110 valence electrons. The molecule has 0 aromatic heterocycles. The summed E-state index contributed by atoms with van der Waals surface area (Å²) in [4.78, 5) is 0. The molecule has 0 fully saturated rings. The number of rotatable bonds is 12. The molecule has 0 spiro atoms. The van der Waals surface area contributed by atoms with Crippen molar-refractivity contribution in [1.82, 2.24) is 0 Å². The molecular formula is C12H26FNO3S. The van der Waals surface area contributed by atoms with Gasteiger partial charge in [-0.25, -0.2) is 0 Å². The van der Waals surface area contributed by atoms with Crippen molar-refractivity contribution in [1.29, 1.82) is 0 Å². The molecule has 4 nitrogen and oxygen atoms in total. The lowest BCUT2D eigenvalue weighted by Gasteiger charge is -2.07. The Hall–Kier alpha value is -0.200. The van der Waals surface area contributed by atoms with E-state index in [2.05, 4.69) is 0 Å². The number of hydrogen-bond acceptors (Lipinski definition) is 3. The summed E-state index contributed by atoms with van der Waals surface area (Å²) in [6.07, 6.45) is 9.19. The summed E-state index contributed by atoms with van der Waals surface area (Å²) in [5, 5.41) is -1.14. The van der Waals surface area contributed by atoms with Crippen molar-refractivity contribution in [2.45, 2.75) is 69.6 Å². The molecule has 0 aliphatic heterocycles. The summed E-state index contributed by atoms with van der Waals surface area (Å²) in [5.74, 6) is 0. The maximum Gasteiger partial charge on any atom is 0.280 e. The van der Waals surface area contributed by atoms with Crippen LogP contribution in [0.3, 0.4) is 0 Å². The van der Waals surface area contributed by atoms with Gasteiger partial charge in [-0.3, -0.25) is 8.94 Å². The van der Waals surface area contributed by atoms with Gasteiger partial charge in [0.1, 0.15) is 5.37 Å². The standard InChI is InChI=1S/C12H26FNO3S/c13-11-9-7-5-3-1-2-4-6-8-10-12(14)18(15,16)17/h12H,1-11,14H2,(H,15,16,17). The fourth-order valence-electron chi connectivity index (χ4n) is 1.83. The van der Waals surface area contributed by atoms with Gasteiger partial charge < -0.3 is 5.73 Å². The highest BCUT2D eigenvalue weighted by Crippen LogP contribution is 2.12. The lowest BCUT2D eigenvalue weighted by molar-refractivity contribution is 0.448. The minimum Gasteiger partial charge on any atom is -0.313 e. The Morgan fingerprint density at radius 3 is 1.67 bits per heavy atom. The van der Waals surface area contributed by atoms with Crippen molar-refractivity contribution in [3.8, 4) is 0 Å². The molecule has 0 saturated heterocycles. The van der Waals surface area contributed by atoms with Gasteiger partial charge in [-0.2, -0.15) is 8.42 Å². The molecule has 0 aromatic rings. The Kier molecular flexibility index (Phi) is 10.6. The van der Waals surface area contributed by atoms with Crippen LogP contribution in [-0.4, -0.2) is 25.0 Å². The summed E-state index contributed by atoms with van der Waals surface area (Å²) in [5.41, 5.74) is 5.29. The monoisotopic (exact) mass is 283 g/mol. The Bertz CT molecular complexity index is 283. The van der Waals surface area contributed by atoms with Crippen molar-refractivity contribution in [3.63, 3.8) is 0 Å². The van der Waals surface area contributed by atoms with E-state index in [-0.39, 0.29) is 6.67 Å². The SMILES string of the molecule is NC(CCCCCCCCCCCF)S(=O)(=O)O. The van der Waals surface area contributed by atoms with Crippen LogP contribution in [0.5, 0.6) is 0 Å². The quantitative estimate of drug-likeness (QED) is 0.426. The van der Waals surface area contributed by atoms with E-state index in [0.717, 1.165) is 51.4 Å². The predicted molar refractivity (Wildman–Crippen MR) is 71.7 cm³/mol. The first-order chi connectivity index (χ1) is 8.48. The fourth-order valence-corrected chi connectivity index (χ4v) is 2.29. The average molecular weight is 283 g/mol. The minimum absolute atomic E-state index is 0.214. The fraction of sp³-hybridized carbons (Fsp3) is 1.00. The summed E-state index contributed by atoms with van der Waals surface area (Å²) in [7, 11) is -4.07. The van der Waals surface area contributed by atoms with Gasteiger partial charge in [0.05, 0.1) is 6.67 Å². The van der Waals surface area contributed by atoms with Gasteiger partial charge in [0.25, 0.3) is 10.1 Å². The molecule has 1 atom stereocenters. The molecule has 1 unspecified atom stereocenters. The number of halogens is 1. The van der Waals surface area contributed by atoms with Gasteiger partial charge in [0.2, 0.25) is 0 Å². The third kappa shape index (κ3) is 10.9. The van der Waals surface area contributed by atoms with Crippen LogP contribution in [-0.2, 0) is 10.1 Å². The van der Waals surface area contributed by atoms with Crippen molar-refractivity contribution in [3.05, 3.63) is 0 Å². The first kappa shape index (κ1) is 17.8. The molecule has 0 bridgehead atoms. The third-order valence-corrected chi connectivity index (χ3v) is 4.01. The van der Waals surface area contributed by atoms with Crippen LogP contribution in [0.1, 0.15) is 64.2 Å².